The second-order valence-corrected chi connectivity index (χ2v) is 5.85. The van der Waals surface area contributed by atoms with Crippen LogP contribution in [-0.2, 0) is 17.1 Å². The molecule has 0 spiro atoms. The number of nitrogens with zero attached hydrogens (tertiary/aromatic N) is 2. The van der Waals surface area contributed by atoms with Crippen LogP contribution >= 0.6 is 0 Å². The summed E-state index contributed by atoms with van der Waals surface area (Å²) in [5.41, 5.74) is 0.622. The first kappa shape index (κ1) is 13.8. The summed E-state index contributed by atoms with van der Waals surface area (Å²) in [5, 5.41) is 9.73. The van der Waals surface area contributed by atoms with Crippen LogP contribution in [0.2, 0.25) is 0 Å². The number of aliphatic hydroxyl groups is 1. The Hall–Kier alpha value is -1.64. The highest BCUT2D eigenvalue weighted by Gasteiger charge is 2.17. The highest BCUT2D eigenvalue weighted by atomic mass is 32.2. The first-order valence-corrected chi connectivity index (χ1v) is 7.15. The van der Waals surface area contributed by atoms with Crippen molar-refractivity contribution >= 4 is 10.0 Å². The molecule has 7 nitrogen and oxygen atoms in total. The maximum absolute atomic E-state index is 11.8. The highest BCUT2D eigenvalue weighted by Crippen LogP contribution is 2.16. The lowest BCUT2D eigenvalue weighted by Crippen LogP contribution is -2.26. The maximum atomic E-state index is 11.8. The van der Waals surface area contributed by atoms with E-state index in [0.717, 1.165) is 0 Å². The normalized spacial score (nSPS) is 13.6. The van der Waals surface area contributed by atoms with Crippen LogP contribution in [0, 0.1) is 0 Å². The van der Waals surface area contributed by atoms with Crippen molar-refractivity contribution in [3.63, 3.8) is 0 Å². The summed E-state index contributed by atoms with van der Waals surface area (Å²) in [7, 11) is -1.93. The van der Waals surface area contributed by atoms with Gasteiger partial charge in [0.15, 0.2) is 5.03 Å². The zero-order valence-electron chi connectivity index (χ0n) is 10.4. The van der Waals surface area contributed by atoms with Crippen molar-refractivity contribution in [2.24, 2.45) is 7.05 Å². The Morgan fingerprint density at radius 1 is 1.58 bits per heavy atom. The molecule has 2 N–H and O–H groups in total. The maximum Gasteiger partial charge on any atom is 0.259 e. The zero-order valence-corrected chi connectivity index (χ0v) is 11.2. The van der Waals surface area contributed by atoms with Gasteiger partial charge in [-0.25, -0.2) is 18.1 Å². The van der Waals surface area contributed by atoms with Crippen molar-refractivity contribution in [1.82, 2.24) is 14.3 Å². The van der Waals surface area contributed by atoms with Crippen molar-refractivity contribution < 1.29 is 17.9 Å². The summed E-state index contributed by atoms with van der Waals surface area (Å²) in [6, 6.07) is 1.64. The fourth-order valence-corrected chi connectivity index (χ4v) is 2.59. The van der Waals surface area contributed by atoms with Gasteiger partial charge in [-0.3, -0.25) is 0 Å². The van der Waals surface area contributed by atoms with E-state index in [1.165, 1.54) is 25.1 Å². The van der Waals surface area contributed by atoms with E-state index in [1.54, 1.807) is 17.7 Å². The summed E-state index contributed by atoms with van der Waals surface area (Å²) in [4.78, 5) is 3.77. The molecule has 0 aliphatic carbocycles. The molecule has 2 rings (SSSR count). The average molecular weight is 285 g/mol. The molecule has 2 aromatic heterocycles. The molecule has 0 bridgehead atoms. The Balaban J connectivity index is 1.89. The minimum absolute atomic E-state index is 0.0344. The van der Waals surface area contributed by atoms with E-state index in [-0.39, 0.29) is 18.0 Å². The lowest BCUT2D eigenvalue weighted by Gasteiger charge is -2.08. The smallest absolute Gasteiger partial charge is 0.259 e. The molecule has 0 aliphatic rings. The van der Waals surface area contributed by atoms with E-state index in [4.69, 9.17) is 4.42 Å². The van der Waals surface area contributed by atoms with Crippen molar-refractivity contribution in [3.8, 4) is 0 Å². The van der Waals surface area contributed by atoms with Crippen LogP contribution in [-0.4, -0.2) is 29.6 Å². The van der Waals surface area contributed by atoms with Crippen LogP contribution in [0.15, 0.2) is 40.6 Å². The number of aryl methyl sites for hydroxylation is 1. The van der Waals surface area contributed by atoms with Crippen LogP contribution in [0.4, 0.5) is 0 Å². The SMILES string of the molecule is Cn1cnc(S(=O)(=O)NCC[C@H](O)c2ccoc2)c1. The van der Waals surface area contributed by atoms with Gasteiger partial charge in [0.1, 0.15) is 0 Å². The molecule has 8 heteroatoms. The fourth-order valence-electron chi connectivity index (χ4n) is 1.56. The standard InChI is InChI=1S/C11H15N3O4S/c1-14-6-11(12-8-14)19(16,17)13-4-2-10(15)9-3-5-18-7-9/h3,5-8,10,13,15H,2,4H2,1H3/t10-/m0/s1. The summed E-state index contributed by atoms with van der Waals surface area (Å²) >= 11 is 0. The molecule has 0 aromatic carbocycles. The predicted molar refractivity (Wildman–Crippen MR) is 66.7 cm³/mol. The van der Waals surface area contributed by atoms with Gasteiger partial charge in [-0.1, -0.05) is 0 Å². The number of nitrogens with one attached hydrogen (secondary N) is 1. The second kappa shape index (κ2) is 5.55. The van der Waals surface area contributed by atoms with Gasteiger partial charge in [0.2, 0.25) is 0 Å². The number of imidazole rings is 1. The number of hydrogen-bond acceptors (Lipinski definition) is 5. The molecule has 0 saturated heterocycles. The lowest BCUT2D eigenvalue weighted by atomic mass is 10.1. The van der Waals surface area contributed by atoms with Crippen LogP contribution in [0.1, 0.15) is 18.1 Å². The van der Waals surface area contributed by atoms with Crippen LogP contribution < -0.4 is 4.72 Å². The number of furan rings is 1. The minimum atomic E-state index is -3.62. The number of sulfonamides is 1. The van der Waals surface area contributed by atoms with Gasteiger partial charge in [0, 0.05) is 25.4 Å². The second-order valence-electron chi connectivity index (χ2n) is 4.14. The van der Waals surface area contributed by atoms with Crippen LogP contribution in [0.5, 0.6) is 0 Å². The first-order chi connectivity index (χ1) is 8.99. The monoisotopic (exact) mass is 285 g/mol. The van der Waals surface area contributed by atoms with Gasteiger partial charge in [-0.05, 0) is 12.5 Å². The summed E-state index contributed by atoms with van der Waals surface area (Å²) in [5.74, 6) is 0. The highest BCUT2D eigenvalue weighted by molar-refractivity contribution is 7.89. The molecule has 1 atom stereocenters. The quantitative estimate of drug-likeness (QED) is 0.801. The number of hydrogen-bond donors (Lipinski definition) is 2. The summed E-state index contributed by atoms with van der Waals surface area (Å²) in [6.07, 6.45) is 5.20. The zero-order chi connectivity index (χ0) is 13.9. The van der Waals surface area contributed by atoms with Gasteiger partial charge >= 0.3 is 0 Å². The summed E-state index contributed by atoms with van der Waals surface area (Å²) < 4.78 is 32.4. The van der Waals surface area contributed by atoms with Gasteiger partial charge in [-0.15, -0.1) is 0 Å². The molecule has 0 saturated carbocycles. The topological polar surface area (TPSA) is 97.4 Å². The van der Waals surface area contributed by atoms with Crippen molar-refractivity contribution in [3.05, 3.63) is 36.7 Å². The van der Waals surface area contributed by atoms with Crippen LogP contribution in [0.25, 0.3) is 0 Å². The molecule has 2 aromatic rings. The molecule has 0 radical (unpaired) electrons. The van der Waals surface area contributed by atoms with E-state index in [9.17, 15) is 13.5 Å². The third kappa shape index (κ3) is 3.43. The lowest BCUT2D eigenvalue weighted by molar-refractivity contribution is 0.168. The molecule has 104 valence electrons. The molecular formula is C11H15N3O4S. The molecule has 2 heterocycles. The Morgan fingerprint density at radius 2 is 2.37 bits per heavy atom. The fraction of sp³-hybridized carbons (Fsp3) is 0.364. The van der Waals surface area contributed by atoms with E-state index in [0.29, 0.717) is 5.56 Å². The van der Waals surface area contributed by atoms with E-state index in [2.05, 4.69) is 9.71 Å². The van der Waals surface area contributed by atoms with Crippen LogP contribution in [0.3, 0.4) is 0 Å². The Morgan fingerprint density at radius 3 is 2.95 bits per heavy atom. The van der Waals surface area contributed by atoms with Crippen molar-refractivity contribution in [1.29, 1.82) is 0 Å². The third-order valence-corrected chi connectivity index (χ3v) is 3.94. The third-order valence-electron chi connectivity index (χ3n) is 2.59. The van der Waals surface area contributed by atoms with Gasteiger partial charge in [0.05, 0.1) is 25.0 Å². The van der Waals surface area contributed by atoms with E-state index in [1.807, 2.05) is 0 Å². The molecular weight excluding hydrogens is 270 g/mol. The molecule has 0 unspecified atom stereocenters. The predicted octanol–water partition coefficient (Wildman–Crippen LogP) is 0.415. The molecule has 19 heavy (non-hydrogen) atoms. The van der Waals surface area contributed by atoms with E-state index >= 15 is 0 Å². The molecule has 0 aliphatic heterocycles. The van der Waals surface area contributed by atoms with Gasteiger partial charge < -0.3 is 14.1 Å². The largest absolute Gasteiger partial charge is 0.472 e. The van der Waals surface area contributed by atoms with Gasteiger partial charge in [0.25, 0.3) is 10.0 Å². The van der Waals surface area contributed by atoms with Crippen molar-refractivity contribution in [2.45, 2.75) is 17.6 Å². The number of aliphatic hydroxyl groups excluding tert-OH is 1. The molecule has 0 amide bonds. The number of aromatic nitrogens is 2. The van der Waals surface area contributed by atoms with Gasteiger partial charge in [-0.2, -0.15) is 0 Å². The average Bonchev–Trinajstić information content (AvgIpc) is 2.99. The number of rotatable bonds is 6. The Kier molecular flexibility index (Phi) is 4.03. The Bertz CT molecular complexity index is 618. The minimum Gasteiger partial charge on any atom is -0.472 e. The molecule has 0 fully saturated rings. The summed E-state index contributed by atoms with van der Waals surface area (Å²) in [6.45, 7) is 0.116. The first-order valence-electron chi connectivity index (χ1n) is 5.67. The Labute approximate surface area is 110 Å². The van der Waals surface area contributed by atoms with E-state index < -0.39 is 16.1 Å². The van der Waals surface area contributed by atoms with Crippen molar-refractivity contribution in [2.75, 3.05) is 6.54 Å².